The van der Waals surface area contributed by atoms with Crippen LogP contribution in [0.1, 0.15) is 22.5 Å². The minimum Gasteiger partial charge on any atom is -0.475 e. The van der Waals surface area contributed by atoms with Gasteiger partial charge < -0.3 is 19.6 Å². The third-order valence-electron chi connectivity index (χ3n) is 3.58. The first-order chi connectivity index (χ1) is 9.72. The number of hydrogen-bond acceptors (Lipinski definition) is 4. The summed E-state index contributed by atoms with van der Waals surface area (Å²) in [4.78, 5) is 10.9. The third-order valence-corrected chi connectivity index (χ3v) is 3.58. The number of nitrogens with one attached hydrogen (secondary N) is 1. The van der Waals surface area contributed by atoms with Gasteiger partial charge in [-0.15, -0.1) is 0 Å². The molecule has 1 aromatic carbocycles. The van der Waals surface area contributed by atoms with Gasteiger partial charge >= 0.3 is 5.97 Å². The molecule has 2 aromatic rings. The molecule has 2 heterocycles. The van der Waals surface area contributed by atoms with Crippen molar-refractivity contribution in [2.45, 2.75) is 13.0 Å². The second-order valence-corrected chi connectivity index (χ2v) is 5.15. The number of carbonyl (C=O) groups is 1. The Kier molecular flexibility index (Phi) is 3.71. The molecule has 5 nitrogen and oxygen atoms in total. The van der Waals surface area contributed by atoms with E-state index in [4.69, 9.17) is 14.3 Å². The normalized spacial score (nSPS) is 18.7. The van der Waals surface area contributed by atoms with E-state index in [-0.39, 0.29) is 5.76 Å². The summed E-state index contributed by atoms with van der Waals surface area (Å²) in [6.07, 6.45) is 1.12. The van der Waals surface area contributed by atoms with E-state index in [1.165, 1.54) is 0 Å². The van der Waals surface area contributed by atoms with Crippen molar-refractivity contribution >= 4 is 16.9 Å². The quantitative estimate of drug-likeness (QED) is 0.875. The van der Waals surface area contributed by atoms with Gasteiger partial charge in [0.05, 0.1) is 6.61 Å². The zero-order valence-electron chi connectivity index (χ0n) is 11.1. The average molecular weight is 275 g/mol. The first-order valence-electron chi connectivity index (χ1n) is 6.76. The predicted molar refractivity (Wildman–Crippen MR) is 73.8 cm³/mol. The van der Waals surface area contributed by atoms with Crippen LogP contribution in [0.25, 0.3) is 11.0 Å². The lowest BCUT2D eigenvalue weighted by Gasteiger charge is -2.09. The molecule has 5 heteroatoms. The maximum atomic E-state index is 10.9. The van der Waals surface area contributed by atoms with Gasteiger partial charge in [0.25, 0.3) is 0 Å². The summed E-state index contributed by atoms with van der Waals surface area (Å²) in [6.45, 7) is 3.42. The van der Waals surface area contributed by atoms with Crippen LogP contribution < -0.4 is 5.32 Å². The van der Waals surface area contributed by atoms with Gasteiger partial charge in [0.2, 0.25) is 5.76 Å². The minimum atomic E-state index is -1.04. The largest absolute Gasteiger partial charge is 0.475 e. The highest BCUT2D eigenvalue weighted by molar-refractivity contribution is 5.91. The van der Waals surface area contributed by atoms with Crippen LogP contribution in [-0.4, -0.2) is 30.8 Å². The van der Waals surface area contributed by atoms with E-state index >= 15 is 0 Å². The molecule has 1 aliphatic rings. The summed E-state index contributed by atoms with van der Waals surface area (Å²) >= 11 is 0. The van der Waals surface area contributed by atoms with E-state index in [2.05, 4.69) is 5.32 Å². The molecule has 2 N–H and O–H groups in total. The molecule has 106 valence electrons. The van der Waals surface area contributed by atoms with Crippen LogP contribution in [0.4, 0.5) is 0 Å². The first kappa shape index (κ1) is 13.1. The highest BCUT2D eigenvalue weighted by atomic mass is 16.5. The monoisotopic (exact) mass is 275 g/mol. The van der Waals surface area contributed by atoms with Crippen molar-refractivity contribution in [1.29, 1.82) is 0 Å². The van der Waals surface area contributed by atoms with E-state index in [1.54, 1.807) is 6.07 Å². The lowest BCUT2D eigenvalue weighted by molar-refractivity contribution is 0.0665. The van der Waals surface area contributed by atoms with Crippen molar-refractivity contribution in [3.63, 3.8) is 0 Å². The van der Waals surface area contributed by atoms with E-state index in [0.29, 0.717) is 11.5 Å². The molecule has 0 spiro atoms. The van der Waals surface area contributed by atoms with E-state index < -0.39 is 5.97 Å². The number of carboxylic acid groups (broad SMARTS) is 1. The Balaban J connectivity index is 1.64. The highest BCUT2D eigenvalue weighted by Gasteiger charge is 2.15. The standard InChI is InChI=1S/C15H17NO4/c17-15(18)14-6-12-5-10(1-2-13(12)20-14)7-16-8-11-3-4-19-9-11/h1-2,5-6,11,16H,3-4,7-9H2,(H,17,18). The first-order valence-corrected chi connectivity index (χ1v) is 6.76. The number of rotatable bonds is 5. The lowest BCUT2D eigenvalue weighted by atomic mass is 10.1. The lowest BCUT2D eigenvalue weighted by Crippen LogP contribution is -2.22. The van der Waals surface area contributed by atoms with Gasteiger partial charge in [-0.1, -0.05) is 6.07 Å². The number of ether oxygens (including phenoxy) is 1. The van der Waals surface area contributed by atoms with Crippen molar-refractivity contribution < 1.29 is 19.1 Å². The summed E-state index contributed by atoms with van der Waals surface area (Å²) < 4.78 is 10.6. The van der Waals surface area contributed by atoms with Gasteiger partial charge in [-0.05, 0) is 36.1 Å². The molecule has 0 aliphatic carbocycles. The van der Waals surface area contributed by atoms with Crippen LogP contribution in [0, 0.1) is 5.92 Å². The van der Waals surface area contributed by atoms with Crippen LogP contribution in [0.3, 0.4) is 0 Å². The Bertz CT molecular complexity index is 613. The SMILES string of the molecule is O=C(O)c1cc2cc(CNCC3CCOC3)ccc2o1. The average Bonchev–Trinajstić information content (AvgIpc) is 3.06. The molecule has 1 unspecified atom stereocenters. The Morgan fingerprint density at radius 2 is 2.30 bits per heavy atom. The maximum Gasteiger partial charge on any atom is 0.371 e. The molecule has 3 rings (SSSR count). The second kappa shape index (κ2) is 5.64. The van der Waals surface area contributed by atoms with Crippen molar-refractivity contribution in [2.75, 3.05) is 19.8 Å². The number of benzene rings is 1. The van der Waals surface area contributed by atoms with Crippen molar-refractivity contribution in [3.8, 4) is 0 Å². The van der Waals surface area contributed by atoms with Crippen LogP contribution in [0.15, 0.2) is 28.7 Å². The fourth-order valence-corrected chi connectivity index (χ4v) is 2.47. The molecule has 1 aliphatic heterocycles. The van der Waals surface area contributed by atoms with E-state index in [9.17, 15) is 4.79 Å². The maximum absolute atomic E-state index is 10.9. The number of fused-ring (bicyclic) bond motifs is 1. The van der Waals surface area contributed by atoms with Crippen LogP contribution in [-0.2, 0) is 11.3 Å². The molecular formula is C15H17NO4. The summed E-state index contributed by atoms with van der Waals surface area (Å²) in [5.74, 6) is -0.457. The van der Waals surface area contributed by atoms with Gasteiger partial charge in [-0.25, -0.2) is 4.79 Å². The predicted octanol–water partition coefficient (Wildman–Crippen LogP) is 2.26. The summed E-state index contributed by atoms with van der Waals surface area (Å²) in [7, 11) is 0. The summed E-state index contributed by atoms with van der Waals surface area (Å²) in [5.41, 5.74) is 1.73. The van der Waals surface area contributed by atoms with E-state index in [0.717, 1.165) is 43.7 Å². The second-order valence-electron chi connectivity index (χ2n) is 5.15. The molecule has 1 aromatic heterocycles. The number of carboxylic acids is 1. The number of furan rings is 1. The molecule has 1 saturated heterocycles. The van der Waals surface area contributed by atoms with Crippen molar-refractivity contribution in [3.05, 3.63) is 35.6 Å². The van der Waals surface area contributed by atoms with Gasteiger partial charge in [0, 0.05) is 25.1 Å². The number of aromatic carboxylic acids is 1. The molecule has 0 amide bonds. The zero-order valence-corrected chi connectivity index (χ0v) is 11.1. The van der Waals surface area contributed by atoms with Gasteiger partial charge in [0.1, 0.15) is 5.58 Å². The third kappa shape index (κ3) is 2.84. The summed E-state index contributed by atoms with van der Waals surface area (Å²) in [5, 5.41) is 13.1. The Morgan fingerprint density at radius 3 is 3.05 bits per heavy atom. The van der Waals surface area contributed by atoms with Crippen LogP contribution in [0.2, 0.25) is 0 Å². The Morgan fingerprint density at radius 1 is 1.40 bits per heavy atom. The molecule has 0 saturated carbocycles. The van der Waals surface area contributed by atoms with Crippen molar-refractivity contribution in [2.24, 2.45) is 5.92 Å². The van der Waals surface area contributed by atoms with Gasteiger partial charge in [-0.3, -0.25) is 0 Å². The molecule has 1 fully saturated rings. The topological polar surface area (TPSA) is 71.7 Å². The highest BCUT2D eigenvalue weighted by Crippen LogP contribution is 2.21. The molecular weight excluding hydrogens is 258 g/mol. The molecule has 0 bridgehead atoms. The van der Waals surface area contributed by atoms with Crippen LogP contribution >= 0.6 is 0 Å². The minimum absolute atomic E-state index is 0.0202. The fourth-order valence-electron chi connectivity index (χ4n) is 2.47. The molecule has 20 heavy (non-hydrogen) atoms. The molecule has 1 atom stereocenters. The number of hydrogen-bond donors (Lipinski definition) is 2. The van der Waals surface area contributed by atoms with Gasteiger partial charge in [-0.2, -0.15) is 0 Å². The smallest absolute Gasteiger partial charge is 0.371 e. The fraction of sp³-hybridized carbons (Fsp3) is 0.400. The Labute approximate surface area is 116 Å². The van der Waals surface area contributed by atoms with Crippen molar-refractivity contribution in [1.82, 2.24) is 5.32 Å². The summed E-state index contributed by atoms with van der Waals surface area (Å²) in [6, 6.07) is 7.29. The zero-order chi connectivity index (χ0) is 13.9. The Hall–Kier alpha value is -1.85. The van der Waals surface area contributed by atoms with Gasteiger partial charge in [0.15, 0.2) is 0 Å². The molecule has 0 radical (unpaired) electrons. The van der Waals surface area contributed by atoms with E-state index in [1.807, 2.05) is 18.2 Å². The van der Waals surface area contributed by atoms with Crippen LogP contribution in [0.5, 0.6) is 0 Å².